The fourth-order valence-corrected chi connectivity index (χ4v) is 3.91. The van der Waals surface area contributed by atoms with E-state index in [1.54, 1.807) is 0 Å². The van der Waals surface area contributed by atoms with Crippen molar-refractivity contribution in [2.24, 2.45) is 0 Å². The normalized spacial score (nSPS) is 12.2. The molecule has 0 unspecified atom stereocenters. The Bertz CT molecular complexity index is 916. The Morgan fingerprint density at radius 3 is 2.65 bits per heavy atom. The molecule has 1 atom stereocenters. The summed E-state index contributed by atoms with van der Waals surface area (Å²) in [6, 6.07) is 12.1. The summed E-state index contributed by atoms with van der Waals surface area (Å²) in [5, 5.41) is 3.44. The molecule has 26 heavy (non-hydrogen) atoms. The zero-order valence-electron chi connectivity index (χ0n) is 15.6. The van der Waals surface area contributed by atoms with Crippen LogP contribution in [0.25, 0.3) is 10.2 Å². The van der Waals surface area contributed by atoms with Gasteiger partial charge in [-0.05, 0) is 61.1 Å². The van der Waals surface area contributed by atoms with E-state index in [2.05, 4.69) is 55.3 Å². The van der Waals surface area contributed by atoms with E-state index >= 15 is 0 Å². The van der Waals surface area contributed by atoms with Crippen molar-refractivity contribution < 1.29 is 9.53 Å². The molecule has 3 aromatic rings. The minimum atomic E-state index is -0.204. The van der Waals surface area contributed by atoms with Gasteiger partial charge in [0, 0.05) is 0 Å². The van der Waals surface area contributed by atoms with E-state index in [1.165, 1.54) is 22.5 Å². The molecule has 3 rings (SSSR count). The number of aromatic nitrogens is 1. The van der Waals surface area contributed by atoms with Crippen LogP contribution in [-0.2, 0) is 4.79 Å². The van der Waals surface area contributed by atoms with Crippen molar-refractivity contribution in [1.29, 1.82) is 0 Å². The van der Waals surface area contributed by atoms with Gasteiger partial charge in [0.25, 0.3) is 5.91 Å². The average Bonchev–Trinajstić information content (AvgIpc) is 3.02. The van der Waals surface area contributed by atoms with Crippen LogP contribution in [0.4, 0.5) is 5.13 Å². The number of nitrogens with one attached hydrogen (secondary N) is 1. The van der Waals surface area contributed by atoms with E-state index in [1.807, 2.05) is 19.1 Å². The van der Waals surface area contributed by atoms with Crippen LogP contribution in [0.3, 0.4) is 0 Å². The summed E-state index contributed by atoms with van der Waals surface area (Å²) in [4.78, 5) is 16.7. The minimum Gasteiger partial charge on any atom is -0.484 e. The van der Waals surface area contributed by atoms with Crippen LogP contribution in [0.1, 0.15) is 42.9 Å². The number of amides is 1. The maximum Gasteiger partial charge on any atom is 0.264 e. The van der Waals surface area contributed by atoms with Gasteiger partial charge in [-0.1, -0.05) is 43.4 Å². The third-order valence-electron chi connectivity index (χ3n) is 4.51. The van der Waals surface area contributed by atoms with Crippen LogP contribution in [0, 0.1) is 13.8 Å². The lowest BCUT2D eigenvalue weighted by atomic mass is 9.99. The predicted octanol–water partition coefficient (Wildman–Crippen LogP) is 5.44. The topological polar surface area (TPSA) is 51.2 Å². The van der Waals surface area contributed by atoms with Gasteiger partial charge in [-0.25, -0.2) is 4.98 Å². The van der Waals surface area contributed by atoms with Crippen LogP contribution < -0.4 is 10.1 Å². The number of aryl methyl sites for hydroxylation is 2. The Kier molecular flexibility index (Phi) is 5.57. The molecular weight excluding hydrogens is 344 g/mol. The summed E-state index contributed by atoms with van der Waals surface area (Å²) in [5.41, 5.74) is 4.54. The number of nitrogens with zero attached hydrogens (tertiary/aromatic N) is 1. The SMILES string of the molecule is CC[C@H](C)c1ccc(OCC(=O)Nc2nc3c(C)cc(C)cc3s2)cc1. The lowest BCUT2D eigenvalue weighted by Gasteiger charge is -2.10. The summed E-state index contributed by atoms with van der Waals surface area (Å²) in [7, 11) is 0. The van der Waals surface area contributed by atoms with Gasteiger partial charge < -0.3 is 4.74 Å². The van der Waals surface area contributed by atoms with Gasteiger partial charge >= 0.3 is 0 Å². The van der Waals surface area contributed by atoms with E-state index in [-0.39, 0.29) is 12.5 Å². The Morgan fingerprint density at radius 1 is 1.23 bits per heavy atom. The second-order valence-corrected chi connectivity index (χ2v) is 7.69. The molecule has 4 nitrogen and oxygen atoms in total. The number of rotatable bonds is 6. The first-order chi connectivity index (χ1) is 12.5. The molecule has 0 fully saturated rings. The highest BCUT2D eigenvalue weighted by Crippen LogP contribution is 2.29. The predicted molar refractivity (Wildman–Crippen MR) is 108 cm³/mol. The van der Waals surface area contributed by atoms with Crippen LogP contribution in [0.5, 0.6) is 5.75 Å². The first kappa shape index (κ1) is 18.4. The van der Waals surface area contributed by atoms with E-state index in [0.717, 1.165) is 22.2 Å². The number of carbonyl (C=O) groups excluding carboxylic acids is 1. The number of hydrogen-bond acceptors (Lipinski definition) is 4. The largest absolute Gasteiger partial charge is 0.484 e. The van der Waals surface area contributed by atoms with Crippen molar-refractivity contribution in [2.75, 3.05) is 11.9 Å². The molecule has 0 saturated carbocycles. The fourth-order valence-electron chi connectivity index (χ4n) is 2.86. The summed E-state index contributed by atoms with van der Waals surface area (Å²) in [5.74, 6) is 1.02. The molecule has 1 aromatic heterocycles. The van der Waals surface area contributed by atoms with E-state index in [4.69, 9.17) is 4.74 Å². The highest BCUT2D eigenvalue weighted by molar-refractivity contribution is 7.22. The fraction of sp³-hybridized carbons (Fsp3) is 0.333. The van der Waals surface area contributed by atoms with E-state index in [9.17, 15) is 4.79 Å². The third kappa shape index (κ3) is 4.22. The summed E-state index contributed by atoms with van der Waals surface area (Å²) < 4.78 is 6.67. The number of benzene rings is 2. The maximum absolute atomic E-state index is 12.2. The van der Waals surface area contributed by atoms with Gasteiger partial charge in [0.1, 0.15) is 5.75 Å². The quantitative estimate of drug-likeness (QED) is 0.630. The maximum atomic E-state index is 12.2. The van der Waals surface area contributed by atoms with Gasteiger partial charge in [-0.3, -0.25) is 10.1 Å². The first-order valence-electron chi connectivity index (χ1n) is 8.86. The highest BCUT2D eigenvalue weighted by Gasteiger charge is 2.11. The van der Waals surface area contributed by atoms with Gasteiger partial charge in [-0.2, -0.15) is 0 Å². The summed E-state index contributed by atoms with van der Waals surface area (Å²) in [6.07, 6.45) is 1.10. The molecule has 0 bridgehead atoms. The Morgan fingerprint density at radius 2 is 1.96 bits per heavy atom. The number of fused-ring (bicyclic) bond motifs is 1. The van der Waals surface area contributed by atoms with Crippen molar-refractivity contribution in [3.05, 3.63) is 53.1 Å². The molecule has 1 amide bonds. The smallest absolute Gasteiger partial charge is 0.264 e. The Labute approximate surface area is 158 Å². The lowest BCUT2D eigenvalue weighted by Crippen LogP contribution is -2.20. The second-order valence-electron chi connectivity index (χ2n) is 6.66. The van der Waals surface area contributed by atoms with Crippen LogP contribution in [0.2, 0.25) is 0 Å². The molecule has 0 aliphatic carbocycles. The number of hydrogen-bond donors (Lipinski definition) is 1. The van der Waals surface area contributed by atoms with Crippen molar-refractivity contribution in [1.82, 2.24) is 4.98 Å². The molecule has 2 aromatic carbocycles. The molecular formula is C21H24N2O2S. The molecule has 0 aliphatic heterocycles. The number of ether oxygens (including phenoxy) is 1. The number of carbonyl (C=O) groups is 1. The molecule has 0 radical (unpaired) electrons. The number of thiazole rings is 1. The molecule has 0 saturated heterocycles. The standard InChI is InChI=1S/C21H24N2O2S/c1-5-14(3)16-6-8-17(9-7-16)25-12-19(24)22-21-23-20-15(4)10-13(2)11-18(20)26-21/h6-11,14H,5,12H2,1-4H3,(H,22,23,24)/t14-/m0/s1. The third-order valence-corrected chi connectivity index (χ3v) is 5.43. The number of anilines is 1. The van der Waals surface area contributed by atoms with Crippen LogP contribution in [-0.4, -0.2) is 17.5 Å². The summed E-state index contributed by atoms with van der Waals surface area (Å²) in [6.45, 7) is 8.43. The highest BCUT2D eigenvalue weighted by atomic mass is 32.1. The zero-order chi connectivity index (χ0) is 18.7. The second kappa shape index (κ2) is 7.87. The molecule has 0 spiro atoms. The summed E-state index contributed by atoms with van der Waals surface area (Å²) >= 11 is 1.48. The monoisotopic (exact) mass is 368 g/mol. The van der Waals surface area contributed by atoms with E-state index in [0.29, 0.717) is 16.8 Å². The van der Waals surface area contributed by atoms with E-state index < -0.39 is 0 Å². The van der Waals surface area contributed by atoms with Gasteiger partial charge in [0.05, 0.1) is 10.2 Å². The van der Waals surface area contributed by atoms with Crippen molar-refractivity contribution in [3.63, 3.8) is 0 Å². The molecule has 1 N–H and O–H groups in total. The van der Waals surface area contributed by atoms with Gasteiger partial charge in [-0.15, -0.1) is 0 Å². The van der Waals surface area contributed by atoms with Gasteiger partial charge in [0.2, 0.25) is 0 Å². The molecule has 1 heterocycles. The van der Waals surface area contributed by atoms with Crippen molar-refractivity contribution in [3.8, 4) is 5.75 Å². The van der Waals surface area contributed by atoms with Crippen LogP contribution >= 0.6 is 11.3 Å². The lowest BCUT2D eigenvalue weighted by molar-refractivity contribution is -0.118. The first-order valence-corrected chi connectivity index (χ1v) is 9.68. The Balaban J connectivity index is 1.60. The molecule has 0 aliphatic rings. The van der Waals surface area contributed by atoms with Crippen molar-refractivity contribution >= 4 is 32.6 Å². The minimum absolute atomic E-state index is 0.0311. The van der Waals surface area contributed by atoms with Gasteiger partial charge in [0.15, 0.2) is 11.7 Å². The average molecular weight is 369 g/mol. The molecule has 136 valence electrons. The van der Waals surface area contributed by atoms with Crippen LogP contribution in [0.15, 0.2) is 36.4 Å². The Hall–Kier alpha value is -2.40. The zero-order valence-corrected chi connectivity index (χ0v) is 16.4. The van der Waals surface area contributed by atoms with Crippen molar-refractivity contribution in [2.45, 2.75) is 40.0 Å². The molecule has 5 heteroatoms.